The third kappa shape index (κ3) is 3.37. The standard InChI is InChI=1S/C12H17F2N5/c1-9(2)18-8-10(6-17-18)5-15-7-11-3-4-16-19(11)12(13)14/h3-4,6,8-9,12,15H,5,7H2,1-2H3. The zero-order valence-electron chi connectivity index (χ0n) is 10.9. The first-order valence-electron chi connectivity index (χ1n) is 6.12. The molecule has 7 heteroatoms. The Labute approximate surface area is 110 Å². The lowest BCUT2D eigenvalue weighted by Gasteiger charge is -2.07. The Bertz CT molecular complexity index is 518. The topological polar surface area (TPSA) is 47.7 Å². The minimum absolute atomic E-state index is 0.314. The number of alkyl halides is 2. The van der Waals surface area contributed by atoms with E-state index in [-0.39, 0.29) is 0 Å². The van der Waals surface area contributed by atoms with Crippen molar-refractivity contribution in [2.75, 3.05) is 0 Å². The molecule has 0 aliphatic rings. The quantitative estimate of drug-likeness (QED) is 0.875. The molecule has 0 bridgehead atoms. The van der Waals surface area contributed by atoms with Gasteiger partial charge in [-0.15, -0.1) is 0 Å². The largest absolute Gasteiger partial charge is 0.333 e. The molecule has 104 valence electrons. The lowest BCUT2D eigenvalue weighted by atomic mass is 10.3. The van der Waals surface area contributed by atoms with Crippen LogP contribution in [0.2, 0.25) is 0 Å². The van der Waals surface area contributed by atoms with Gasteiger partial charge in [-0.1, -0.05) is 0 Å². The number of nitrogens with zero attached hydrogens (tertiary/aromatic N) is 4. The molecule has 0 saturated carbocycles. The highest BCUT2D eigenvalue weighted by atomic mass is 19.3. The molecule has 0 aromatic carbocycles. The van der Waals surface area contributed by atoms with Gasteiger partial charge in [0.15, 0.2) is 0 Å². The molecule has 2 aromatic heterocycles. The summed E-state index contributed by atoms with van der Waals surface area (Å²) in [5, 5.41) is 10.9. The Balaban J connectivity index is 1.87. The SMILES string of the molecule is CC(C)n1cc(CNCc2ccnn2C(F)F)cn1. The molecule has 0 fully saturated rings. The molecule has 1 N–H and O–H groups in total. The van der Waals surface area contributed by atoms with Gasteiger partial charge in [0.25, 0.3) is 0 Å². The summed E-state index contributed by atoms with van der Waals surface area (Å²) < 4.78 is 27.7. The summed E-state index contributed by atoms with van der Waals surface area (Å²) >= 11 is 0. The second kappa shape index (κ2) is 5.92. The highest BCUT2D eigenvalue weighted by Gasteiger charge is 2.11. The van der Waals surface area contributed by atoms with Crippen LogP contribution in [0.5, 0.6) is 0 Å². The third-order valence-corrected chi connectivity index (χ3v) is 2.76. The van der Waals surface area contributed by atoms with Crippen molar-refractivity contribution in [1.29, 1.82) is 0 Å². The van der Waals surface area contributed by atoms with Crippen LogP contribution in [-0.2, 0) is 13.1 Å². The molecule has 2 aromatic rings. The van der Waals surface area contributed by atoms with E-state index in [2.05, 4.69) is 15.5 Å². The Hall–Kier alpha value is -1.76. The minimum atomic E-state index is -2.60. The fraction of sp³-hybridized carbons (Fsp3) is 0.500. The maximum Gasteiger partial charge on any atom is 0.333 e. The monoisotopic (exact) mass is 269 g/mol. The van der Waals surface area contributed by atoms with Gasteiger partial charge in [-0.2, -0.15) is 19.0 Å². The predicted octanol–water partition coefficient (Wildman–Crippen LogP) is 2.35. The van der Waals surface area contributed by atoms with E-state index in [0.29, 0.717) is 29.5 Å². The van der Waals surface area contributed by atoms with Crippen molar-refractivity contribution in [3.05, 3.63) is 35.9 Å². The number of hydrogen-bond donors (Lipinski definition) is 1. The predicted molar refractivity (Wildman–Crippen MR) is 66.6 cm³/mol. The van der Waals surface area contributed by atoms with Crippen molar-refractivity contribution in [2.45, 2.75) is 39.5 Å². The second-order valence-corrected chi connectivity index (χ2v) is 4.57. The highest BCUT2D eigenvalue weighted by molar-refractivity contribution is 5.05. The maximum absolute atomic E-state index is 12.6. The molecule has 0 radical (unpaired) electrons. The van der Waals surface area contributed by atoms with E-state index in [1.807, 2.05) is 24.7 Å². The van der Waals surface area contributed by atoms with Crippen molar-refractivity contribution in [1.82, 2.24) is 24.9 Å². The number of hydrogen-bond acceptors (Lipinski definition) is 3. The van der Waals surface area contributed by atoms with Gasteiger partial charge in [0.05, 0.1) is 11.9 Å². The van der Waals surface area contributed by atoms with Gasteiger partial charge >= 0.3 is 6.55 Å². The van der Waals surface area contributed by atoms with Crippen LogP contribution in [0, 0.1) is 0 Å². The van der Waals surface area contributed by atoms with Crippen LogP contribution >= 0.6 is 0 Å². The molecule has 0 spiro atoms. The number of aromatic nitrogens is 4. The zero-order chi connectivity index (χ0) is 13.8. The summed E-state index contributed by atoms with van der Waals surface area (Å²) in [5.41, 5.74) is 1.49. The van der Waals surface area contributed by atoms with Crippen molar-refractivity contribution >= 4 is 0 Å². The molecule has 0 aliphatic heterocycles. The highest BCUT2D eigenvalue weighted by Crippen LogP contribution is 2.12. The van der Waals surface area contributed by atoms with Gasteiger partial charge in [0, 0.05) is 37.1 Å². The molecule has 2 heterocycles. The summed E-state index contributed by atoms with van der Waals surface area (Å²) in [7, 11) is 0. The molecule has 19 heavy (non-hydrogen) atoms. The Morgan fingerprint density at radius 1 is 1.26 bits per heavy atom. The van der Waals surface area contributed by atoms with Gasteiger partial charge in [0.1, 0.15) is 0 Å². The fourth-order valence-electron chi connectivity index (χ4n) is 1.74. The summed E-state index contributed by atoms with van der Waals surface area (Å²) in [6.07, 6.45) is 5.10. The van der Waals surface area contributed by atoms with Crippen LogP contribution in [-0.4, -0.2) is 19.6 Å². The first-order chi connectivity index (χ1) is 9.08. The Morgan fingerprint density at radius 3 is 2.68 bits per heavy atom. The summed E-state index contributed by atoms with van der Waals surface area (Å²) in [5.74, 6) is 0. The van der Waals surface area contributed by atoms with Gasteiger partial charge in [-0.05, 0) is 19.9 Å². The molecular formula is C12H17F2N5. The van der Waals surface area contributed by atoms with E-state index in [9.17, 15) is 8.78 Å². The van der Waals surface area contributed by atoms with Crippen molar-refractivity contribution in [3.8, 4) is 0 Å². The maximum atomic E-state index is 12.6. The van der Waals surface area contributed by atoms with Gasteiger partial charge in [-0.25, -0.2) is 4.68 Å². The molecule has 0 aliphatic carbocycles. The van der Waals surface area contributed by atoms with E-state index in [1.165, 1.54) is 6.20 Å². The fourth-order valence-corrected chi connectivity index (χ4v) is 1.74. The Morgan fingerprint density at radius 2 is 2.05 bits per heavy atom. The van der Waals surface area contributed by atoms with Gasteiger partial charge in [-0.3, -0.25) is 4.68 Å². The molecule has 0 amide bonds. The summed E-state index contributed by atoms with van der Waals surface area (Å²) in [4.78, 5) is 0. The van der Waals surface area contributed by atoms with Crippen molar-refractivity contribution in [2.24, 2.45) is 0 Å². The molecular weight excluding hydrogens is 252 g/mol. The van der Waals surface area contributed by atoms with Crippen molar-refractivity contribution < 1.29 is 8.78 Å². The smallest absolute Gasteiger partial charge is 0.307 e. The molecule has 2 rings (SSSR count). The third-order valence-electron chi connectivity index (χ3n) is 2.76. The van der Waals surface area contributed by atoms with E-state index >= 15 is 0 Å². The molecule has 0 atom stereocenters. The molecule has 0 unspecified atom stereocenters. The first kappa shape index (κ1) is 13.7. The van der Waals surface area contributed by atoms with Crippen LogP contribution in [0.4, 0.5) is 8.78 Å². The summed E-state index contributed by atoms with van der Waals surface area (Å²) in [6, 6.07) is 1.89. The van der Waals surface area contributed by atoms with E-state index in [1.54, 1.807) is 12.3 Å². The Kier molecular flexibility index (Phi) is 4.26. The lowest BCUT2D eigenvalue weighted by Crippen LogP contribution is -2.16. The van der Waals surface area contributed by atoms with E-state index < -0.39 is 6.55 Å². The van der Waals surface area contributed by atoms with Crippen LogP contribution in [0.25, 0.3) is 0 Å². The van der Waals surface area contributed by atoms with Gasteiger partial charge in [0.2, 0.25) is 0 Å². The average molecular weight is 269 g/mol. The normalized spacial score (nSPS) is 11.7. The minimum Gasteiger partial charge on any atom is -0.307 e. The van der Waals surface area contributed by atoms with Crippen LogP contribution in [0.1, 0.15) is 37.7 Å². The second-order valence-electron chi connectivity index (χ2n) is 4.57. The van der Waals surface area contributed by atoms with E-state index in [0.717, 1.165) is 5.56 Å². The average Bonchev–Trinajstić information content (AvgIpc) is 2.97. The van der Waals surface area contributed by atoms with Crippen LogP contribution in [0.15, 0.2) is 24.7 Å². The molecule has 5 nitrogen and oxygen atoms in total. The number of nitrogens with one attached hydrogen (secondary N) is 1. The molecule has 0 saturated heterocycles. The van der Waals surface area contributed by atoms with Gasteiger partial charge < -0.3 is 5.32 Å². The number of rotatable bonds is 6. The zero-order valence-corrected chi connectivity index (χ0v) is 10.9. The summed E-state index contributed by atoms with van der Waals surface area (Å²) in [6.45, 7) is 2.42. The van der Waals surface area contributed by atoms with E-state index in [4.69, 9.17) is 0 Å². The number of halogens is 2. The lowest BCUT2D eigenvalue weighted by molar-refractivity contribution is 0.0531. The van der Waals surface area contributed by atoms with Crippen LogP contribution in [0.3, 0.4) is 0 Å². The first-order valence-corrected chi connectivity index (χ1v) is 6.12. The van der Waals surface area contributed by atoms with Crippen LogP contribution < -0.4 is 5.32 Å². The van der Waals surface area contributed by atoms with Crippen molar-refractivity contribution in [3.63, 3.8) is 0 Å².